The lowest BCUT2D eigenvalue weighted by atomic mass is 10.2. The summed E-state index contributed by atoms with van der Waals surface area (Å²) in [6.07, 6.45) is 1.49. The molecule has 2 fully saturated rings. The van der Waals surface area contributed by atoms with Gasteiger partial charge in [0.15, 0.2) is 0 Å². The number of rotatable bonds is 4. The lowest BCUT2D eigenvalue weighted by molar-refractivity contribution is -0.132. The van der Waals surface area contributed by atoms with Gasteiger partial charge in [-0.15, -0.1) is 0 Å². The van der Waals surface area contributed by atoms with Gasteiger partial charge >= 0.3 is 0 Å². The number of hydrogen-bond acceptors (Lipinski definition) is 4. The van der Waals surface area contributed by atoms with Crippen LogP contribution in [0.3, 0.4) is 0 Å². The average molecular weight is 376 g/mol. The van der Waals surface area contributed by atoms with Gasteiger partial charge in [-0.2, -0.15) is 0 Å². The number of amides is 2. The smallest absolute Gasteiger partial charge is 0.223 e. The Morgan fingerprint density at radius 2 is 1.56 bits per heavy atom. The Morgan fingerprint density at radius 3 is 2.22 bits per heavy atom. The molecular weight excluding hydrogens is 347 g/mol. The summed E-state index contributed by atoms with van der Waals surface area (Å²) in [6, 6.07) is 6.52. The number of halogens is 1. The highest BCUT2D eigenvalue weighted by Crippen LogP contribution is 2.17. The van der Waals surface area contributed by atoms with E-state index in [1.807, 2.05) is 9.80 Å². The molecule has 2 aliphatic heterocycles. The van der Waals surface area contributed by atoms with Crippen LogP contribution in [0.25, 0.3) is 0 Å². The van der Waals surface area contributed by atoms with E-state index in [0.717, 1.165) is 57.9 Å². The van der Waals surface area contributed by atoms with Crippen LogP contribution in [-0.2, 0) is 9.59 Å². The zero-order valence-electron chi connectivity index (χ0n) is 16.1. The van der Waals surface area contributed by atoms with Crippen LogP contribution in [0.5, 0.6) is 0 Å². The molecule has 0 aliphatic carbocycles. The van der Waals surface area contributed by atoms with Crippen molar-refractivity contribution in [2.45, 2.75) is 19.8 Å². The van der Waals surface area contributed by atoms with E-state index >= 15 is 0 Å². The van der Waals surface area contributed by atoms with Crippen molar-refractivity contribution in [1.29, 1.82) is 0 Å². The second-order valence-corrected chi connectivity index (χ2v) is 7.30. The Labute approximate surface area is 160 Å². The summed E-state index contributed by atoms with van der Waals surface area (Å²) in [5.41, 5.74) is 1.00. The standard InChI is InChI=1S/C20H29FN4O2/c1-17(26)23-9-2-8-22(11-12-23)10-7-20(27)25-15-13-24(14-16-25)19-5-3-18(21)4-6-19/h3-6H,2,7-16H2,1H3. The van der Waals surface area contributed by atoms with Crippen LogP contribution in [0.1, 0.15) is 19.8 Å². The molecular formula is C20H29FN4O2. The normalized spacial score (nSPS) is 19.1. The second-order valence-electron chi connectivity index (χ2n) is 7.30. The first-order chi connectivity index (χ1) is 13.0. The number of hydrogen-bond donors (Lipinski definition) is 0. The zero-order valence-corrected chi connectivity index (χ0v) is 16.1. The summed E-state index contributed by atoms with van der Waals surface area (Å²) < 4.78 is 13.1. The summed E-state index contributed by atoms with van der Waals surface area (Å²) in [7, 11) is 0. The first kappa shape index (κ1) is 19.6. The molecule has 0 saturated carbocycles. The van der Waals surface area contributed by atoms with Gasteiger partial charge in [-0.25, -0.2) is 4.39 Å². The third-order valence-electron chi connectivity index (χ3n) is 5.50. The molecule has 7 heteroatoms. The minimum absolute atomic E-state index is 0.131. The molecule has 2 aliphatic rings. The highest BCUT2D eigenvalue weighted by molar-refractivity contribution is 5.76. The SMILES string of the molecule is CC(=O)N1CCCN(CCC(=O)N2CCN(c3ccc(F)cc3)CC2)CC1. The topological polar surface area (TPSA) is 47.1 Å². The van der Waals surface area contributed by atoms with Crippen LogP contribution in [0, 0.1) is 5.82 Å². The molecule has 0 unspecified atom stereocenters. The maximum atomic E-state index is 13.1. The molecule has 2 heterocycles. The summed E-state index contributed by atoms with van der Waals surface area (Å²) in [5.74, 6) is 0.0980. The molecule has 2 saturated heterocycles. The van der Waals surface area contributed by atoms with E-state index in [9.17, 15) is 14.0 Å². The van der Waals surface area contributed by atoms with Crippen LogP contribution < -0.4 is 4.90 Å². The van der Waals surface area contributed by atoms with Crippen molar-refractivity contribution in [2.75, 3.05) is 63.8 Å². The lowest BCUT2D eigenvalue weighted by Gasteiger charge is -2.36. The minimum Gasteiger partial charge on any atom is -0.368 e. The van der Waals surface area contributed by atoms with E-state index in [4.69, 9.17) is 0 Å². The predicted molar refractivity (Wildman–Crippen MR) is 103 cm³/mol. The Bertz CT molecular complexity index is 644. The van der Waals surface area contributed by atoms with Gasteiger partial charge in [-0.1, -0.05) is 0 Å². The first-order valence-electron chi connectivity index (χ1n) is 9.79. The molecule has 1 aromatic rings. The van der Waals surface area contributed by atoms with E-state index in [1.165, 1.54) is 12.1 Å². The summed E-state index contributed by atoms with van der Waals surface area (Å²) in [6.45, 7) is 8.66. The molecule has 3 rings (SSSR count). The molecule has 0 bridgehead atoms. The quantitative estimate of drug-likeness (QED) is 0.797. The maximum Gasteiger partial charge on any atom is 0.223 e. The zero-order chi connectivity index (χ0) is 19.2. The van der Waals surface area contributed by atoms with E-state index < -0.39 is 0 Å². The van der Waals surface area contributed by atoms with E-state index in [1.54, 1.807) is 19.1 Å². The van der Waals surface area contributed by atoms with Crippen LogP contribution in [0.4, 0.5) is 10.1 Å². The largest absolute Gasteiger partial charge is 0.368 e. The highest BCUT2D eigenvalue weighted by atomic mass is 19.1. The van der Waals surface area contributed by atoms with Gasteiger partial charge in [-0.3, -0.25) is 9.59 Å². The summed E-state index contributed by atoms with van der Waals surface area (Å²) in [5, 5.41) is 0. The molecule has 148 valence electrons. The number of carbonyl (C=O) groups excluding carboxylic acids is 2. The van der Waals surface area contributed by atoms with Crippen molar-refractivity contribution in [2.24, 2.45) is 0 Å². The fourth-order valence-electron chi connectivity index (χ4n) is 3.79. The summed E-state index contributed by atoms with van der Waals surface area (Å²) >= 11 is 0. The number of anilines is 1. The van der Waals surface area contributed by atoms with Crippen molar-refractivity contribution in [3.05, 3.63) is 30.1 Å². The van der Waals surface area contributed by atoms with Crippen LogP contribution >= 0.6 is 0 Å². The molecule has 1 aromatic carbocycles. The van der Waals surface area contributed by atoms with Gasteiger partial charge in [0.2, 0.25) is 11.8 Å². The Kier molecular flexibility index (Phi) is 6.66. The van der Waals surface area contributed by atoms with Gasteiger partial charge < -0.3 is 19.6 Å². The Morgan fingerprint density at radius 1 is 0.889 bits per heavy atom. The van der Waals surface area contributed by atoms with Gasteiger partial charge in [0, 0.05) is 71.4 Å². The number of carbonyl (C=O) groups is 2. The van der Waals surface area contributed by atoms with Crippen LogP contribution in [-0.4, -0.2) is 85.4 Å². The first-order valence-corrected chi connectivity index (χ1v) is 9.79. The van der Waals surface area contributed by atoms with Gasteiger partial charge in [0.05, 0.1) is 0 Å². The maximum absolute atomic E-state index is 13.1. The van der Waals surface area contributed by atoms with Crippen molar-refractivity contribution < 1.29 is 14.0 Å². The van der Waals surface area contributed by atoms with Crippen LogP contribution in [0.15, 0.2) is 24.3 Å². The molecule has 0 aromatic heterocycles. The minimum atomic E-state index is -0.229. The van der Waals surface area contributed by atoms with Crippen molar-refractivity contribution in [3.8, 4) is 0 Å². The van der Waals surface area contributed by atoms with Gasteiger partial charge in [-0.05, 0) is 37.2 Å². The van der Waals surface area contributed by atoms with Gasteiger partial charge in [0.1, 0.15) is 5.82 Å². The van der Waals surface area contributed by atoms with E-state index in [-0.39, 0.29) is 17.6 Å². The molecule has 0 radical (unpaired) electrons. The third-order valence-corrected chi connectivity index (χ3v) is 5.50. The molecule has 2 amide bonds. The average Bonchev–Trinajstić information content (AvgIpc) is 2.93. The molecule has 0 atom stereocenters. The van der Waals surface area contributed by atoms with Crippen LogP contribution in [0.2, 0.25) is 0 Å². The highest BCUT2D eigenvalue weighted by Gasteiger charge is 2.22. The fourth-order valence-corrected chi connectivity index (χ4v) is 3.79. The lowest BCUT2D eigenvalue weighted by Crippen LogP contribution is -2.49. The van der Waals surface area contributed by atoms with Crippen molar-refractivity contribution >= 4 is 17.5 Å². The van der Waals surface area contributed by atoms with Gasteiger partial charge in [0.25, 0.3) is 0 Å². The number of piperazine rings is 1. The summed E-state index contributed by atoms with van der Waals surface area (Å²) in [4.78, 5) is 32.3. The molecule has 0 spiro atoms. The van der Waals surface area contributed by atoms with Crippen molar-refractivity contribution in [3.63, 3.8) is 0 Å². The Hall–Kier alpha value is -2.15. The van der Waals surface area contributed by atoms with E-state index in [2.05, 4.69) is 9.80 Å². The Balaban J connectivity index is 1.40. The third kappa shape index (κ3) is 5.42. The van der Waals surface area contributed by atoms with Crippen molar-refractivity contribution in [1.82, 2.24) is 14.7 Å². The second kappa shape index (κ2) is 9.17. The molecule has 27 heavy (non-hydrogen) atoms. The molecule has 6 nitrogen and oxygen atoms in total. The van der Waals surface area contributed by atoms with E-state index in [0.29, 0.717) is 19.5 Å². The number of benzene rings is 1. The predicted octanol–water partition coefficient (Wildman–Crippen LogP) is 1.42. The fraction of sp³-hybridized carbons (Fsp3) is 0.600. The monoisotopic (exact) mass is 376 g/mol. The molecule has 0 N–H and O–H groups in total. The number of nitrogens with zero attached hydrogens (tertiary/aromatic N) is 4.